The van der Waals surface area contributed by atoms with Gasteiger partial charge >= 0.3 is 6.18 Å². The lowest BCUT2D eigenvalue weighted by atomic mass is 10.1. The van der Waals surface area contributed by atoms with Gasteiger partial charge in [0.25, 0.3) is 5.91 Å². The summed E-state index contributed by atoms with van der Waals surface area (Å²) in [5, 5.41) is 6.53. The van der Waals surface area contributed by atoms with Crippen LogP contribution >= 0.6 is 0 Å². The van der Waals surface area contributed by atoms with E-state index in [0.717, 1.165) is 17.2 Å². The number of amides is 1. The molecule has 0 spiro atoms. The number of hydrogen-bond acceptors (Lipinski definition) is 5. The highest BCUT2D eigenvalue weighted by molar-refractivity contribution is 5.93. The number of carbonyl (C=O) groups excluding carboxylic acids is 1. The quantitative estimate of drug-likeness (QED) is 0.495. The van der Waals surface area contributed by atoms with Gasteiger partial charge in [-0.25, -0.2) is 9.50 Å². The van der Waals surface area contributed by atoms with Gasteiger partial charge < -0.3 is 14.8 Å². The fraction of sp³-hybridized carbons (Fsp3) is 0.174. The van der Waals surface area contributed by atoms with E-state index in [1.54, 1.807) is 42.5 Å². The van der Waals surface area contributed by atoms with Crippen LogP contribution < -0.4 is 14.8 Å². The summed E-state index contributed by atoms with van der Waals surface area (Å²) in [7, 11) is 0. The summed E-state index contributed by atoms with van der Waals surface area (Å²) in [6.07, 6.45) is -4.69. The molecule has 1 amide bonds. The summed E-state index contributed by atoms with van der Waals surface area (Å²) in [6, 6.07) is 14.4. The maximum absolute atomic E-state index is 13.8. The summed E-state index contributed by atoms with van der Waals surface area (Å²) in [4.78, 5) is 16.9. The van der Waals surface area contributed by atoms with Crippen LogP contribution in [0.3, 0.4) is 0 Å². The highest BCUT2D eigenvalue weighted by Crippen LogP contribution is 2.33. The van der Waals surface area contributed by atoms with E-state index in [1.165, 1.54) is 6.07 Å². The third-order valence-corrected chi connectivity index (χ3v) is 5.19. The Morgan fingerprint density at radius 3 is 2.58 bits per heavy atom. The molecule has 168 valence electrons. The Morgan fingerprint density at radius 2 is 1.82 bits per heavy atom. The predicted molar refractivity (Wildman–Crippen MR) is 112 cm³/mol. The average Bonchev–Trinajstić information content (AvgIpc) is 3.43. The number of hydrogen-bond donors (Lipinski definition) is 1. The minimum atomic E-state index is -4.69. The molecule has 1 aliphatic heterocycles. The van der Waals surface area contributed by atoms with Crippen LogP contribution in [0.25, 0.3) is 16.9 Å². The molecular weight excluding hydrogens is 437 g/mol. The van der Waals surface area contributed by atoms with Gasteiger partial charge in [-0.1, -0.05) is 35.9 Å². The van der Waals surface area contributed by atoms with Gasteiger partial charge in [0.15, 0.2) is 28.5 Å². The standard InChI is InChI=1S/C23H17F3N4O3/c1-13-2-5-15(6-3-13)16-9-20(23(24,25)26)30-21(28-16)10-17(29-30)22(31)27-11-14-4-7-18-19(8-14)33-12-32-18/h2-10H,11-12H2,1H3,(H,27,31). The zero-order chi connectivity index (χ0) is 23.2. The third-order valence-electron chi connectivity index (χ3n) is 5.19. The smallest absolute Gasteiger partial charge is 0.433 e. The summed E-state index contributed by atoms with van der Waals surface area (Å²) >= 11 is 0. The van der Waals surface area contributed by atoms with E-state index >= 15 is 0 Å². The Hall–Kier alpha value is -4.08. The van der Waals surface area contributed by atoms with Crippen molar-refractivity contribution in [1.29, 1.82) is 0 Å². The maximum atomic E-state index is 13.8. The summed E-state index contributed by atoms with van der Waals surface area (Å²) < 4.78 is 52.5. The van der Waals surface area contributed by atoms with Crippen molar-refractivity contribution < 1.29 is 27.4 Å². The molecule has 4 aromatic rings. The zero-order valence-electron chi connectivity index (χ0n) is 17.3. The van der Waals surface area contributed by atoms with Crippen LogP contribution in [-0.2, 0) is 12.7 Å². The average molecular weight is 454 g/mol. The lowest BCUT2D eigenvalue weighted by molar-refractivity contribution is -0.142. The minimum Gasteiger partial charge on any atom is -0.454 e. The van der Waals surface area contributed by atoms with Crippen molar-refractivity contribution in [3.05, 3.63) is 77.1 Å². The zero-order valence-corrected chi connectivity index (χ0v) is 17.3. The number of nitrogens with one attached hydrogen (secondary N) is 1. The molecule has 2 aromatic carbocycles. The fourth-order valence-electron chi connectivity index (χ4n) is 3.48. The lowest BCUT2D eigenvalue weighted by Gasteiger charge is -2.11. The van der Waals surface area contributed by atoms with Crippen LogP contribution in [-0.4, -0.2) is 27.3 Å². The van der Waals surface area contributed by atoms with Crippen molar-refractivity contribution in [3.63, 3.8) is 0 Å². The molecular formula is C23H17F3N4O3. The third kappa shape index (κ3) is 4.07. The highest BCUT2D eigenvalue weighted by Gasteiger charge is 2.35. The first-order chi connectivity index (χ1) is 15.8. The topological polar surface area (TPSA) is 77.8 Å². The van der Waals surface area contributed by atoms with Crippen LogP contribution in [0.15, 0.2) is 54.6 Å². The number of rotatable bonds is 4. The molecule has 1 aliphatic rings. The van der Waals surface area contributed by atoms with Crippen LogP contribution in [0, 0.1) is 6.92 Å². The number of nitrogens with zero attached hydrogens (tertiary/aromatic N) is 3. The van der Waals surface area contributed by atoms with Crippen molar-refractivity contribution in [2.24, 2.45) is 0 Å². The first kappa shape index (κ1) is 20.8. The molecule has 10 heteroatoms. The molecule has 0 aliphatic carbocycles. The van der Waals surface area contributed by atoms with E-state index < -0.39 is 17.8 Å². The number of aryl methyl sites for hydroxylation is 1. The molecule has 0 saturated heterocycles. The Morgan fingerprint density at radius 1 is 1.06 bits per heavy atom. The number of halogens is 3. The summed E-state index contributed by atoms with van der Waals surface area (Å²) in [5.41, 5.74) is 1.13. The largest absolute Gasteiger partial charge is 0.454 e. The molecule has 0 unspecified atom stereocenters. The molecule has 0 saturated carbocycles. The fourth-order valence-corrected chi connectivity index (χ4v) is 3.48. The first-order valence-corrected chi connectivity index (χ1v) is 10.00. The molecule has 0 fully saturated rings. The van der Waals surface area contributed by atoms with Gasteiger partial charge in [0.2, 0.25) is 6.79 Å². The molecule has 1 N–H and O–H groups in total. The first-order valence-electron chi connectivity index (χ1n) is 10.00. The molecule has 0 bridgehead atoms. The Balaban J connectivity index is 1.45. The predicted octanol–water partition coefficient (Wildman–Crippen LogP) is 4.38. The van der Waals surface area contributed by atoms with Gasteiger partial charge in [0.1, 0.15) is 0 Å². The molecule has 0 atom stereocenters. The molecule has 0 radical (unpaired) electrons. The van der Waals surface area contributed by atoms with Crippen molar-refractivity contribution in [1.82, 2.24) is 19.9 Å². The van der Waals surface area contributed by atoms with E-state index in [4.69, 9.17) is 9.47 Å². The van der Waals surface area contributed by atoms with Gasteiger partial charge in [0, 0.05) is 18.2 Å². The van der Waals surface area contributed by atoms with Crippen LogP contribution in [0.2, 0.25) is 0 Å². The van der Waals surface area contributed by atoms with Gasteiger partial charge in [-0.2, -0.15) is 18.3 Å². The van der Waals surface area contributed by atoms with E-state index in [1.807, 2.05) is 6.92 Å². The number of aromatic nitrogens is 3. The SMILES string of the molecule is Cc1ccc(-c2cc(C(F)(F)F)n3nc(C(=O)NCc4ccc5c(c4)OCO5)cc3n2)cc1. The van der Waals surface area contributed by atoms with Crippen LogP contribution in [0.1, 0.15) is 27.3 Å². The molecule has 3 heterocycles. The normalized spacial score (nSPS) is 12.8. The van der Waals surface area contributed by atoms with E-state index in [2.05, 4.69) is 15.4 Å². The lowest BCUT2D eigenvalue weighted by Crippen LogP contribution is -2.23. The number of ether oxygens (including phenoxy) is 2. The van der Waals surface area contributed by atoms with Gasteiger partial charge in [-0.15, -0.1) is 0 Å². The van der Waals surface area contributed by atoms with E-state index in [0.29, 0.717) is 21.6 Å². The Labute approximate surface area is 185 Å². The number of fused-ring (bicyclic) bond motifs is 2. The second-order valence-electron chi connectivity index (χ2n) is 7.56. The Bertz CT molecular complexity index is 1360. The summed E-state index contributed by atoms with van der Waals surface area (Å²) in [5.74, 6) is 0.556. The van der Waals surface area contributed by atoms with Crippen LogP contribution in [0.4, 0.5) is 13.2 Å². The van der Waals surface area contributed by atoms with Crippen molar-refractivity contribution in [3.8, 4) is 22.8 Å². The second-order valence-corrected chi connectivity index (χ2v) is 7.56. The van der Waals surface area contributed by atoms with Gasteiger partial charge in [-0.05, 0) is 30.7 Å². The minimum absolute atomic E-state index is 0.0753. The monoisotopic (exact) mass is 454 g/mol. The van der Waals surface area contributed by atoms with Gasteiger partial charge in [-0.3, -0.25) is 4.79 Å². The van der Waals surface area contributed by atoms with E-state index in [-0.39, 0.29) is 30.4 Å². The number of benzene rings is 2. The van der Waals surface area contributed by atoms with Crippen molar-refractivity contribution in [2.75, 3.05) is 6.79 Å². The molecule has 7 nitrogen and oxygen atoms in total. The van der Waals surface area contributed by atoms with E-state index in [9.17, 15) is 18.0 Å². The highest BCUT2D eigenvalue weighted by atomic mass is 19.4. The Kier molecular flexibility index (Phi) is 4.92. The summed E-state index contributed by atoms with van der Waals surface area (Å²) in [6.45, 7) is 2.15. The van der Waals surface area contributed by atoms with Crippen molar-refractivity contribution in [2.45, 2.75) is 19.6 Å². The molecule has 5 rings (SSSR count). The molecule has 2 aromatic heterocycles. The number of alkyl halides is 3. The van der Waals surface area contributed by atoms with Crippen LogP contribution in [0.5, 0.6) is 11.5 Å². The second kappa shape index (κ2) is 7.80. The molecule has 33 heavy (non-hydrogen) atoms. The number of carbonyl (C=O) groups is 1. The van der Waals surface area contributed by atoms with Gasteiger partial charge in [0.05, 0.1) is 5.69 Å². The maximum Gasteiger partial charge on any atom is 0.433 e. The van der Waals surface area contributed by atoms with Crippen molar-refractivity contribution >= 4 is 11.6 Å².